The fourth-order valence-electron chi connectivity index (χ4n) is 0.858. The lowest BCUT2D eigenvalue weighted by molar-refractivity contribution is -0.122. The van der Waals surface area contributed by atoms with Crippen LogP contribution in [-0.4, -0.2) is 12.5 Å². The first kappa shape index (κ1) is 11.2. The van der Waals surface area contributed by atoms with E-state index in [1.54, 1.807) is 6.08 Å². The van der Waals surface area contributed by atoms with Gasteiger partial charge in [0.2, 0.25) is 5.91 Å². The van der Waals surface area contributed by atoms with Gasteiger partial charge in [-0.3, -0.25) is 4.79 Å². The van der Waals surface area contributed by atoms with Gasteiger partial charge >= 0.3 is 0 Å². The molecule has 2 nitrogen and oxygen atoms in total. The third kappa shape index (κ3) is 7.32. The third-order valence-corrected chi connectivity index (χ3v) is 1.36. The number of amides is 1. The van der Waals surface area contributed by atoms with E-state index in [0.717, 1.165) is 6.42 Å². The lowest BCUT2D eigenvalue weighted by Gasteiger charge is -2.16. The van der Waals surface area contributed by atoms with Crippen molar-refractivity contribution in [3.05, 3.63) is 12.7 Å². The van der Waals surface area contributed by atoms with Crippen LogP contribution in [0.4, 0.5) is 0 Å². The van der Waals surface area contributed by atoms with Crippen LogP contribution in [0, 0.1) is 5.41 Å². The molecule has 0 aromatic carbocycles. The Hall–Kier alpha value is -0.790. The Morgan fingerprint density at radius 2 is 2.08 bits per heavy atom. The van der Waals surface area contributed by atoms with Crippen molar-refractivity contribution in [2.45, 2.75) is 33.6 Å². The van der Waals surface area contributed by atoms with E-state index in [1.165, 1.54) is 0 Å². The Morgan fingerprint density at radius 1 is 1.50 bits per heavy atom. The molecule has 0 saturated heterocycles. The van der Waals surface area contributed by atoms with Crippen LogP contribution in [0.5, 0.6) is 0 Å². The molecular formula is C10H19NO. The first-order chi connectivity index (χ1) is 5.45. The second-order valence-electron chi connectivity index (χ2n) is 4.16. The van der Waals surface area contributed by atoms with Gasteiger partial charge < -0.3 is 5.32 Å². The summed E-state index contributed by atoms with van der Waals surface area (Å²) in [6, 6.07) is 0. The summed E-state index contributed by atoms with van der Waals surface area (Å²) >= 11 is 0. The van der Waals surface area contributed by atoms with Crippen molar-refractivity contribution in [1.29, 1.82) is 0 Å². The molecule has 0 aromatic rings. The quantitative estimate of drug-likeness (QED) is 0.507. The molecule has 0 aliphatic heterocycles. The Balaban J connectivity index is 3.53. The van der Waals surface area contributed by atoms with Crippen molar-refractivity contribution in [1.82, 2.24) is 5.32 Å². The molecule has 0 aliphatic rings. The Bertz CT molecular complexity index is 156. The van der Waals surface area contributed by atoms with E-state index in [1.807, 2.05) is 0 Å². The molecule has 0 heterocycles. The lowest BCUT2D eigenvalue weighted by Crippen LogP contribution is -2.28. The molecule has 12 heavy (non-hydrogen) atoms. The first-order valence-electron chi connectivity index (χ1n) is 4.33. The summed E-state index contributed by atoms with van der Waals surface area (Å²) < 4.78 is 0. The summed E-state index contributed by atoms with van der Waals surface area (Å²) in [5.41, 5.74) is 0.0816. The molecule has 0 radical (unpaired) electrons. The van der Waals surface area contributed by atoms with Gasteiger partial charge in [-0.1, -0.05) is 26.8 Å². The van der Waals surface area contributed by atoms with Crippen LogP contribution in [0.1, 0.15) is 33.6 Å². The van der Waals surface area contributed by atoms with Crippen LogP contribution in [-0.2, 0) is 4.79 Å². The van der Waals surface area contributed by atoms with Gasteiger partial charge in [-0.2, -0.15) is 0 Å². The van der Waals surface area contributed by atoms with Crippen LogP contribution >= 0.6 is 0 Å². The van der Waals surface area contributed by atoms with Crippen molar-refractivity contribution < 1.29 is 4.79 Å². The summed E-state index contributed by atoms with van der Waals surface area (Å²) in [5, 5.41) is 2.83. The maximum atomic E-state index is 11.2. The second kappa shape index (κ2) is 4.96. The Labute approximate surface area is 75.0 Å². The van der Waals surface area contributed by atoms with Gasteiger partial charge in [-0.15, -0.1) is 6.58 Å². The SMILES string of the molecule is C=CCCNC(=O)CC(C)(C)C. The maximum absolute atomic E-state index is 11.2. The molecule has 1 amide bonds. The van der Waals surface area contributed by atoms with Crippen molar-refractivity contribution in [2.24, 2.45) is 5.41 Å². The first-order valence-corrected chi connectivity index (χ1v) is 4.33. The van der Waals surface area contributed by atoms with Gasteiger partial charge in [-0.25, -0.2) is 0 Å². The van der Waals surface area contributed by atoms with Gasteiger partial charge in [0.1, 0.15) is 0 Å². The second-order valence-corrected chi connectivity index (χ2v) is 4.16. The van der Waals surface area contributed by atoms with Gasteiger partial charge in [0.25, 0.3) is 0 Å². The van der Waals surface area contributed by atoms with Crippen LogP contribution < -0.4 is 5.32 Å². The highest BCUT2D eigenvalue weighted by Gasteiger charge is 2.14. The molecule has 70 valence electrons. The average Bonchev–Trinajstić information content (AvgIpc) is 1.84. The highest BCUT2D eigenvalue weighted by atomic mass is 16.1. The molecule has 1 N–H and O–H groups in total. The summed E-state index contributed by atoms with van der Waals surface area (Å²) in [7, 11) is 0. The summed E-state index contributed by atoms with van der Waals surface area (Å²) in [6.07, 6.45) is 3.23. The average molecular weight is 169 g/mol. The summed E-state index contributed by atoms with van der Waals surface area (Å²) in [5.74, 6) is 0.129. The van der Waals surface area contributed by atoms with E-state index in [0.29, 0.717) is 13.0 Å². The van der Waals surface area contributed by atoms with Crippen LogP contribution in [0.3, 0.4) is 0 Å². The third-order valence-electron chi connectivity index (χ3n) is 1.36. The fraction of sp³-hybridized carbons (Fsp3) is 0.700. The van der Waals surface area contributed by atoms with Crippen molar-refractivity contribution in [2.75, 3.05) is 6.54 Å². The molecule has 2 heteroatoms. The summed E-state index contributed by atoms with van der Waals surface area (Å²) in [6.45, 7) is 10.5. The standard InChI is InChI=1S/C10H19NO/c1-5-6-7-11-9(12)8-10(2,3)4/h5H,1,6-8H2,2-4H3,(H,11,12). The van der Waals surface area contributed by atoms with E-state index in [2.05, 4.69) is 32.7 Å². The van der Waals surface area contributed by atoms with Gasteiger partial charge in [0, 0.05) is 13.0 Å². The lowest BCUT2D eigenvalue weighted by atomic mass is 9.92. The Morgan fingerprint density at radius 3 is 2.50 bits per heavy atom. The smallest absolute Gasteiger partial charge is 0.220 e. The molecule has 0 aromatic heterocycles. The minimum atomic E-state index is 0.0816. The molecule has 0 spiro atoms. The zero-order valence-corrected chi connectivity index (χ0v) is 8.31. The van der Waals surface area contributed by atoms with Crippen molar-refractivity contribution in [3.63, 3.8) is 0 Å². The number of carbonyl (C=O) groups excluding carboxylic acids is 1. The predicted molar refractivity (Wildman–Crippen MR) is 51.9 cm³/mol. The van der Waals surface area contributed by atoms with Crippen LogP contribution in [0.2, 0.25) is 0 Å². The van der Waals surface area contributed by atoms with Crippen LogP contribution in [0.15, 0.2) is 12.7 Å². The molecule has 0 saturated carbocycles. The molecular weight excluding hydrogens is 150 g/mol. The zero-order chi connectivity index (χ0) is 9.61. The molecule has 0 bridgehead atoms. The Kier molecular flexibility index (Phi) is 4.64. The van der Waals surface area contributed by atoms with Crippen molar-refractivity contribution >= 4 is 5.91 Å². The van der Waals surface area contributed by atoms with Gasteiger partial charge in [0.15, 0.2) is 0 Å². The van der Waals surface area contributed by atoms with E-state index in [-0.39, 0.29) is 11.3 Å². The fourth-order valence-corrected chi connectivity index (χ4v) is 0.858. The largest absolute Gasteiger partial charge is 0.356 e. The van der Waals surface area contributed by atoms with Gasteiger partial charge in [-0.05, 0) is 11.8 Å². The molecule has 0 aliphatic carbocycles. The predicted octanol–water partition coefficient (Wildman–Crippen LogP) is 2.11. The molecule has 0 fully saturated rings. The number of nitrogens with one attached hydrogen (secondary N) is 1. The highest BCUT2D eigenvalue weighted by Crippen LogP contribution is 2.17. The van der Waals surface area contributed by atoms with E-state index in [9.17, 15) is 4.79 Å². The van der Waals surface area contributed by atoms with Crippen LogP contribution in [0.25, 0.3) is 0 Å². The van der Waals surface area contributed by atoms with Gasteiger partial charge in [0.05, 0.1) is 0 Å². The van der Waals surface area contributed by atoms with E-state index in [4.69, 9.17) is 0 Å². The van der Waals surface area contributed by atoms with Crippen molar-refractivity contribution in [3.8, 4) is 0 Å². The topological polar surface area (TPSA) is 29.1 Å². The minimum absolute atomic E-state index is 0.0816. The number of hydrogen-bond acceptors (Lipinski definition) is 1. The maximum Gasteiger partial charge on any atom is 0.220 e. The number of rotatable bonds is 4. The molecule has 0 atom stereocenters. The summed E-state index contributed by atoms with van der Waals surface area (Å²) in [4.78, 5) is 11.2. The van der Waals surface area contributed by atoms with E-state index < -0.39 is 0 Å². The number of hydrogen-bond donors (Lipinski definition) is 1. The zero-order valence-electron chi connectivity index (χ0n) is 8.31. The number of carbonyl (C=O) groups is 1. The van der Waals surface area contributed by atoms with E-state index >= 15 is 0 Å². The normalized spacial score (nSPS) is 10.9. The molecule has 0 unspecified atom stereocenters. The molecule has 0 rings (SSSR count). The monoisotopic (exact) mass is 169 g/mol. The minimum Gasteiger partial charge on any atom is -0.356 e. The highest BCUT2D eigenvalue weighted by molar-refractivity contribution is 5.76.